The lowest BCUT2D eigenvalue weighted by Crippen LogP contribution is -2.06. The van der Waals surface area contributed by atoms with Crippen LogP contribution in [0.3, 0.4) is 0 Å². The molecule has 0 radical (unpaired) electrons. The second kappa shape index (κ2) is 5.58. The van der Waals surface area contributed by atoms with Crippen molar-refractivity contribution in [3.8, 4) is 11.5 Å². The Balaban J connectivity index is 2.44. The van der Waals surface area contributed by atoms with Crippen LogP contribution in [0.2, 0.25) is 0 Å². The third-order valence-corrected chi connectivity index (χ3v) is 2.60. The minimum Gasteiger partial charge on any atom is -0.447 e. The van der Waals surface area contributed by atoms with Gasteiger partial charge in [-0.3, -0.25) is 10.1 Å². The van der Waals surface area contributed by atoms with Crippen LogP contribution in [0.5, 0.6) is 11.5 Å². The highest BCUT2D eigenvalue weighted by molar-refractivity contribution is 5.51. The van der Waals surface area contributed by atoms with Gasteiger partial charge >= 0.3 is 11.9 Å². The largest absolute Gasteiger partial charge is 0.447 e. The van der Waals surface area contributed by atoms with E-state index < -0.39 is 45.5 Å². The monoisotopic (exact) mass is 319 g/mol. The fraction of sp³-hybridized carbons (Fsp3) is 0.0769. The van der Waals surface area contributed by atoms with Gasteiger partial charge in [-0.15, -0.1) is 0 Å². The molecule has 9 heteroatoms. The molecule has 0 spiro atoms. The summed E-state index contributed by atoms with van der Waals surface area (Å²) in [5.41, 5.74) is -2.23. The molecule has 0 amide bonds. The van der Waals surface area contributed by atoms with Gasteiger partial charge in [0.05, 0.1) is 10.5 Å². The highest BCUT2D eigenvalue weighted by atomic mass is 19.4. The molecule has 0 N–H and O–H groups in total. The molecule has 0 unspecified atom stereocenters. The highest BCUT2D eigenvalue weighted by Crippen LogP contribution is 2.38. The van der Waals surface area contributed by atoms with Crippen molar-refractivity contribution < 1.29 is 31.6 Å². The predicted octanol–water partition coefficient (Wildman–Crippen LogP) is 4.68. The van der Waals surface area contributed by atoms with Gasteiger partial charge in [0.25, 0.3) is 0 Å². The molecule has 0 bridgehead atoms. The van der Waals surface area contributed by atoms with Crippen molar-refractivity contribution >= 4 is 5.69 Å². The molecule has 0 saturated heterocycles. The van der Waals surface area contributed by atoms with Crippen LogP contribution in [0.1, 0.15) is 5.56 Å². The minimum atomic E-state index is -4.77. The second-order valence-electron chi connectivity index (χ2n) is 4.11. The molecule has 4 nitrogen and oxygen atoms in total. The van der Waals surface area contributed by atoms with Crippen LogP contribution < -0.4 is 4.74 Å². The summed E-state index contributed by atoms with van der Waals surface area (Å²) in [6, 6.07) is 3.72. The number of nitrogens with zero attached hydrogens (tertiary/aromatic N) is 1. The normalized spacial score (nSPS) is 11.3. The summed E-state index contributed by atoms with van der Waals surface area (Å²) >= 11 is 0. The van der Waals surface area contributed by atoms with E-state index in [-0.39, 0.29) is 6.07 Å². The topological polar surface area (TPSA) is 52.4 Å². The maximum Gasteiger partial charge on any atom is 0.416 e. The quantitative estimate of drug-likeness (QED) is 0.469. The summed E-state index contributed by atoms with van der Waals surface area (Å²) in [6.45, 7) is 0. The Bertz CT molecular complexity index is 730. The zero-order valence-corrected chi connectivity index (χ0v) is 10.5. The Labute approximate surface area is 119 Å². The molecular weight excluding hydrogens is 313 g/mol. The Kier molecular flexibility index (Phi) is 3.98. The van der Waals surface area contributed by atoms with E-state index in [4.69, 9.17) is 4.74 Å². The van der Waals surface area contributed by atoms with E-state index in [0.29, 0.717) is 18.2 Å². The molecule has 0 fully saturated rings. The smallest absolute Gasteiger partial charge is 0.416 e. The van der Waals surface area contributed by atoms with E-state index in [1.54, 1.807) is 0 Å². The van der Waals surface area contributed by atoms with E-state index in [1.165, 1.54) is 0 Å². The maximum absolute atomic E-state index is 13.4. The molecular formula is C13H6F5NO3. The lowest BCUT2D eigenvalue weighted by atomic mass is 10.2. The molecule has 0 aliphatic heterocycles. The molecule has 0 atom stereocenters. The number of ether oxygens (including phenoxy) is 1. The zero-order valence-electron chi connectivity index (χ0n) is 10.5. The molecule has 2 aromatic rings. The summed E-state index contributed by atoms with van der Waals surface area (Å²) in [7, 11) is 0. The van der Waals surface area contributed by atoms with Crippen LogP contribution >= 0.6 is 0 Å². The number of nitro groups is 1. The van der Waals surface area contributed by atoms with E-state index in [0.717, 1.165) is 12.1 Å². The fourth-order valence-corrected chi connectivity index (χ4v) is 1.60. The van der Waals surface area contributed by atoms with E-state index in [2.05, 4.69) is 0 Å². The van der Waals surface area contributed by atoms with Crippen molar-refractivity contribution in [3.63, 3.8) is 0 Å². The zero-order chi connectivity index (χ0) is 16.5. The number of benzene rings is 2. The predicted molar refractivity (Wildman–Crippen MR) is 64.5 cm³/mol. The van der Waals surface area contributed by atoms with Gasteiger partial charge in [0.2, 0.25) is 5.75 Å². The first-order chi connectivity index (χ1) is 10.2. The Morgan fingerprint density at radius 2 is 1.64 bits per heavy atom. The second-order valence-corrected chi connectivity index (χ2v) is 4.11. The Hall–Kier alpha value is -2.71. The van der Waals surface area contributed by atoms with Gasteiger partial charge in [0.1, 0.15) is 5.82 Å². The minimum absolute atomic E-state index is 0.275. The number of nitro benzene ring substituents is 1. The molecule has 0 heterocycles. The Morgan fingerprint density at radius 1 is 1.00 bits per heavy atom. The van der Waals surface area contributed by atoms with Crippen molar-refractivity contribution in [2.45, 2.75) is 6.18 Å². The van der Waals surface area contributed by atoms with Gasteiger partial charge in [0.15, 0.2) is 11.6 Å². The van der Waals surface area contributed by atoms with Gasteiger partial charge in [-0.1, -0.05) is 0 Å². The molecule has 0 saturated carbocycles. The third kappa shape index (κ3) is 3.30. The summed E-state index contributed by atoms with van der Waals surface area (Å²) in [5, 5.41) is 10.8. The van der Waals surface area contributed by atoms with Crippen LogP contribution in [0.25, 0.3) is 0 Å². The van der Waals surface area contributed by atoms with Crippen molar-refractivity contribution in [2.24, 2.45) is 0 Å². The average molecular weight is 319 g/mol. The average Bonchev–Trinajstić information content (AvgIpc) is 2.40. The maximum atomic E-state index is 13.4. The summed E-state index contributed by atoms with van der Waals surface area (Å²) in [5.74, 6) is -3.19. The molecule has 0 aliphatic carbocycles. The third-order valence-electron chi connectivity index (χ3n) is 2.60. The van der Waals surface area contributed by atoms with E-state index in [1.807, 2.05) is 0 Å². The number of alkyl halides is 3. The van der Waals surface area contributed by atoms with Crippen LogP contribution in [-0.4, -0.2) is 4.92 Å². The first kappa shape index (κ1) is 15.7. The lowest BCUT2D eigenvalue weighted by Gasteiger charge is -2.10. The van der Waals surface area contributed by atoms with Crippen LogP contribution in [-0.2, 0) is 6.18 Å². The van der Waals surface area contributed by atoms with Crippen LogP contribution in [0, 0.1) is 21.7 Å². The molecule has 0 aliphatic rings. The van der Waals surface area contributed by atoms with Crippen LogP contribution in [0.15, 0.2) is 36.4 Å². The SMILES string of the molecule is O=[N+]([O-])c1cc(C(F)(F)F)ccc1Oc1ccc(F)cc1F. The first-order valence-corrected chi connectivity index (χ1v) is 5.67. The summed E-state index contributed by atoms with van der Waals surface area (Å²) in [6.07, 6.45) is -4.77. The number of rotatable bonds is 3. The highest BCUT2D eigenvalue weighted by Gasteiger charge is 2.33. The molecule has 116 valence electrons. The lowest BCUT2D eigenvalue weighted by molar-refractivity contribution is -0.385. The summed E-state index contributed by atoms with van der Waals surface area (Å²) in [4.78, 5) is 9.74. The van der Waals surface area contributed by atoms with Crippen LogP contribution in [0.4, 0.5) is 27.6 Å². The van der Waals surface area contributed by atoms with Gasteiger partial charge in [-0.25, -0.2) is 8.78 Å². The van der Waals surface area contributed by atoms with Gasteiger partial charge in [0, 0.05) is 12.1 Å². The molecule has 2 rings (SSSR count). The van der Waals surface area contributed by atoms with Crippen molar-refractivity contribution in [2.75, 3.05) is 0 Å². The van der Waals surface area contributed by atoms with Crippen molar-refractivity contribution in [1.29, 1.82) is 0 Å². The number of halogens is 5. The Morgan fingerprint density at radius 3 is 2.18 bits per heavy atom. The first-order valence-electron chi connectivity index (χ1n) is 5.67. The van der Waals surface area contributed by atoms with E-state index >= 15 is 0 Å². The molecule has 0 aromatic heterocycles. The van der Waals surface area contributed by atoms with Gasteiger partial charge in [-0.05, 0) is 24.3 Å². The standard InChI is InChI=1S/C13H6F5NO3/c14-8-2-4-11(9(15)6-8)22-12-3-1-7(13(16,17)18)5-10(12)19(20)21/h1-6H. The van der Waals surface area contributed by atoms with E-state index in [9.17, 15) is 32.1 Å². The van der Waals surface area contributed by atoms with Crippen molar-refractivity contribution in [3.05, 3.63) is 63.7 Å². The number of hydrogen-bond donors (Lipinski definition) is 0. The summed E-state index contributed by atoms with van der Waals surface area (Å²) < 4.78 is 68.6. The number of hydrogen-bond acceptors (Lipinski definition) is 3. The fourth-order valence-electron chi connectivity index (χ4n) is 1.60. The van der Waals surface area contributed by atoms with Crippen molar-refractivity contribution in [1.82, 2.24) is 0 Å². The molecule has 2 aromatic carbocycles. The van der Waals surface area contributed by atoms with Gasteiger partial charge < -0.3 is 4.74 Å². The van der Waals surface area contributed by atoms with Gasteiger partial charge in [-0.2, -0.15) is 13.2 Å². The molecule has 22 heavy (non-hydrogen) atoms.